The van der Waals surface area contributed by atoms with Crippen molar-refractivity contribution in [2.75, 3.05) is 13.4 Å². The number of rotatable bonds is 11. The number of ether oxygens (including phenoxy) is 3. The van der Waals surface area contributed by atoms with E-state index in [2.05, 4.69) is 15.0 Å². The monoisotopic (exact) mass is 467 g/mol. The number of carboxylic acids is 1. The number of nitrogens with zero attached hydrogens (tertiary/aromatic N) is 3. The normalized spacial score (nSPS) is 12.2. The molecule has 9 nitrogen and oxygen atoms in total. The number of aromatic nitrogens is 3. The van der Waals surface area contributed by atoms with E-state index in [0.29, 0.717) is 53.6 Å². The summed E-state index contributed by atoms with van der Waals surface area (Å²) >= 11 is 7.42. The maximum atomic E-state index is 11.8. The average molecular weight is 468 g/mol. The number of aliphatic carboxylic acids is 1. The van der Waals surface area contributed by atoms with Crippen molar-refractivity contribution >= 4 is 35.3 Å². The Kier molecular flexibility index (Phi) is 8.30. The Bertz CT molecular complexity index is 959. The van der Waals surface area contributed by atoms with E-state index in [9.17, 15) is 9.59 Å². The van der Waals surface area contributed by atoms with Gasteiger partial charge in [-0.3, -0.25) is 14.6 Å². The summed E-state index contributed by atoms with van der Waals surface area (Å²) in [6.45, 7) is 2.10. The first kappa shape index (κ1) is 23.1. The standard InChI is InChI=1S/C20H22ClN3O6S/c1-12-13(8-14(21)9-22-12)10-31-20-23-18-15(6-7-28-18)19(24-20)30-11-29-17(27)5-3-2-4-16(25)26/h8-9H,2-7,10-11H2,1H3,(H,25,26). The van der Waals surface area contributed by atoms with Gasteiger partial charge in [-0.2, -0.15) is 9.97 Å². The van der Waals surface area contributed by atoms with Crippen LogP contribution in [0.25, 0.3) is 0 Å². The average Bonchev–Trinajstić information content (AvgIpc) is 3.20. The molecule has 0 atom stereocenters. The zero-order valence-corrected chi connectivity index (χ0v) is 18.5. The molecule has 0 bridgehead atoms. The fourth-order valence-electron chi connectivity index (χ4n) is 2.80. The highest BCUT2D eigenvalue weighted by molar-refractivity contribution is 7.98. The molecule has 0 amide bonds. The lowest BCUT2D eigenvalue weighted by atomic mass is 10.2. The highest BCUT2D eigenvalue weighted by atomic mass is 35.5. The van der Waals surface area contributed by atoms with Gasteiger partial charge in [-0.1, -0.05) is 23.4 Å². The molecule has 0 fully saturated rings. The van der Waals surface area contributed by atoms with E-state index < -0.39 is 11.9 Å². The number of fused-ring (bicyclic) bond motifs is 1. The minimum atomic E-state index is -0.882. The maximum absolute atomic E-state index is 11.8. The number of hydrogen-bond acceptors (Lipinski definition) is 9. The van der Waals surface area contributed by atoms with Crippen LogP contribution in [0.15, 0.2) is 17.4 Å². The van der Waals surface area contributed by atoms with Gasteiger partial charge in [0.2, 0.25) is 18.6 Å². The quantitative estimate of drug-likeness (QED) is 0.172. The number of hydrogen-bond donors (Lipinski definition) is 1. The van der Waals surface area contributed by atoms with Crippen LogP contribution in [-0.4, -0.2) is 45.4 Å². The lowest BCUT2D eigenvalue weighted by Gasteiger charge is -2.11. The largest absolute Gasteiger partial charge is 0.481 e. The molecule has 11 heteroatoms. The van der Waals surface area contributed by atoms with Gasteiger partial charge in [-0.15, -0.1) is 0 Å². The Hall–Kier alpha value is -2.59. The van der Waals surface area contributed by atoms with Crippen molar-refractivity contribution in [3.63, 3.8) is 0 Å². The number of carbonyl (C=O) groups excluding carboxylic acids is 1. The fraction of sp³-hybridized carbons (Fsp3) is 0.450. The molecule has 1 aliphatic heterocycles. The molecule has 3 rings (SSSR count). The van der Waals surface area contributed by atoms with E-state index in [4.69, 9.17) is 30.9 Å². The molecule has 1 aliphatic rings. The van der Waals surface area contributed by atoms with Gasteiger partial charge in [-0.05, 0) is 31.4 Å². The maximum Gasteiger partial charge on any atom is 0.308 e. The smallest absolute Gasteiger partial charge is 0.308 e. The predicted octanol–water partition coefficient (Wildman–Crippen LogP) is 3.59. The van der Waals surface area contributed by atoms with Crippen molar-refractivity contribution in [1.82, 2.24) is 15.0 Å². The number of carbonyl (C=O) groups is 2. The van der Waals surface area contributed by atoms with Crippen molar-refractivity contribution in [3.8, 4) is 11.8 Å². The van der Waals surface area contributed by atoms with Crippen molar-refractivity contribution in [1.29, 1.82) is 0 Å². The highest BCUT2D eigenvalue weighted by Gasteiger charge is 2.23. The van der Waals surface area contributed by atoms with E-state index in [-0.39, 0.29) is 19.6 Å². The van der Waals surface area contributed by atoms with Crippen molar-refractivity contribution in [2.45, 2.75) is 49.9 Å². The molecule has 0 spiro atoms. The summed E-state index contributed by atoms with van der Waals surface area (Å²) in [7, 11) is 0. The third kappa shape index (κ3) is 6.96. The van der Waals surface area contributed by atoms with Gasteiger partial charge in [0, 0.05) is 36.9 Å². The van der Waals surface area contributed by atoms with Crippen molar-refractivity contribution in [2.24, 2.45) is 0 Å². The second kappa shape index (κ2) is 11.1. The van der Waals surface area contributed by atoms with E-state index in [0.717, 1.165) is 16.8 Å². The van der Waals surface area contributed by atoms with Gasteiger partial charge in [0.05, 0.1) is 17.2 Å². The van der Waals surface area contributed by atoms with Crippen LogP contribution >= 0.6 is 23.4 Å². The topological polar surface area (TPSA) is 121 Å². The molecule has 0 saturated carbocycles. The van der Waals surface area contributed by atoms with Crippen LogP contribution in [0.5, 0.6) is 11.8 Å². The molecule has 3 heterocycles. The highest BCUT2D eigenvalue weighted by Crippen LogP contribution is 2.34. The molecule has 2 aromatic rings. The van der Waals surface area contributed by atoms with Crippen LogP contribution in [0.1, 0.15) is 42.5 Å². The Morgan fingerprint density at radius 1 is 1.29 bits per heavy atom. The third-order valence-electron chi connectivity index (χ3n) is 4.45. The van der Waals surface area contributed by atoms with Crippen LogP contribution in [0.4, 0.5) is 0 Å². The lowest BCUT2D eigenvalue weighted by Crippen LogP contribution is -2.12. The summed E-state index contributed by atoms with van der Waals surface area (Å²) in [6.07, 6.45) is 3.24. The van der Waals surface area contributed by atoms with Gasteiger partial charge in [0.25, 0.3) is 0 Å². The Labute approximate surface area is 188 Å². The van der Waals surface area contributed by atoms with E-state index >= 15 is 0 Å². The van der Waals surface area contributed by atoms with Gasteiger partial charge < -0.3 is 19.3 Å². The summed E-state index contributed by atoms with van der Waals surface area (Å²) < 4.78 is 16.2. The van der Waals surface area contributed by atoms with Gasteiger partial charge >= 0.3 is 11.9 Å². The summed E-state index contributed by atoms with van der Waals surface area (Å²) in [4.78, 5) is 35.4. The zero-order valence-electron chi connectivity index (χ0n) is 16.9. The van der Waals surface area contributed by atoms with Crippen LogP contribution in [0, 0.1) is 6.92 Å². The molecule has 0 radical (unpaired) electrons. The zero-order chi connectivity index (χ0) is 22.2. The van der Waals surface area contributed by atoms with Crippen molar-refractivity contribution in [3.05, 3.63) is 34.1 Å². The Balaban J connectivity index is 1.55. The number of esters is 1. The molecule has 166 valence electrons. The fourth-order valence-corrected chi connectivity index (χ4v) is 3.85. The van der Waals surface area contributed by atoms with Crippen LogP contribution in [0.3, 0.4) is 0 Å². The first-order chi connectivity index (χ1) is 14.9. The lowest BCUT2D eigenvalue weighted by molar-refractivity contribution is -0.150. The number of pyridine rings is 1. The number of halogens is 1. The first-order valence-electron chi connectivity index (χ1n) is 9.70. The number of thioether (sulfide) groups is 1. The van der Waals surface area contributed by atoms with E-state index in [1.54, 1.807) is 6.20 Å². The molecular formula is C20H22ClN3O6S. The molecule has 0 aromatic carbocycles. The van der Waals surface area contributed by atoms with Crippen molar-refractivity contribution < 1.29 is 28.9 Å². The van der Waals surface area contributed by atoms with Crippen LogP contribution < -0.4 is 9.47 Å². The number of unbranched alkanes of at least 4 members (excludes halogenated alkanes) is 1. The van der Waals surface area contributed by atoms with Gasteiger partial charge in [0.15, 0.2) is 5.16 Å². The molecule has 1 N–H and O–H groups in total. The summed E-state index contributed by atoms with van der Waals surface area (Å²) in [5.41, 5.74) is 2.59. The molecule has 0 aliphatic carbocycles. The summed E-state index contributed by atoms with van der Waals surface area (Å²) in [6, 6.07) is 1.86. The minimum Gasteiger partial charge on any atom is -0.481 e. The third-order valence-corrected chi connectivity index (χ3v) is 5.56. The SMILES string of the molecule is Cc1ncc(Cl)cc1CSc1nc2c(c(OCOC(=O)CCCCC(=O)O)n1)CCO2. The first-order valence-corrected chi connectivity index (χ1v) is 11.1. The number of aryl methyl sites for hydroxylation is 1. The van der Waals surface area contributed by atoms with E-state index in [1.807, 2.05) is 13.0 Å². The molecule has 2 aromatic heterocycles. The Morgan fingerprint density at radius 2 is 2.10 bits per heavy atom. The summed E-state index contributed by atoms with van der Waals surface area (Å²) in [5.74, 6) is 0.0269. The van der Waals surface area contributed by atoms with Crippen LogP contribution in [0.2, 0.25) is 5.02 Å². The molecule has 0 unspecified atom stereocenters. The minimum absolute atomic E-state index is 0.0298. The summed E-state index contributed by atoms with van der Waals surface area (Å²) in [5, 5.41) is 9.64. The van der Waals surface area contributed by atoms with E-state index in [1.165, 1.54) is 11.8 Å². The van der Waals surface area contributed by atoms with Gasteiger partial charge in [0.1, 0.15) is 0 Å². The predicted molar refractivity (Wildman–Crippen MR) is 112 cm³/mol. The Morgan fingerprint density at radius 3 is 2.90 bits per heavy atom. The van der Waals surface area contributed by atoms with Gasteiger partial charge in [-0.25, -0.2) is 0 Å². The molecular weight excluding hydrogens is 446 g/mol. The molecule has 31 heavy (non-hydrogen) atoms. The second-order valence-electron chi connectivity index (χ2n) is 6.76. The van der Waals surface area contributed by atoms with Crippen LogP contribution in [-0.2, 0) is 26.5 Å². The molecule has 0 saturated heterocycles. The number of carboxylic acid groups (broad SMARTS) is 1. The second-order valence-corrected chi connectivity index (χ2v) is 8.14.